The zero-order chi connectivity index (χ0) is 19.0. The highest BCUT2D eigenvalue weighted by atomic mass is 16.5. The number of hydrogen-bond acceptors (Lipinski definition) is 3. The van der Waals surface area contributed by atoms with Crippen molar-refractivity contribution < 1.29 is 4.74 Å². The smallest absolute Gasteiger partial charge is 0.150 e. The molecule has 2 aliphatic rings. The van der Waals surface area contributed by atoms with Crippen molar-refractivity contribution in [1.82, 2.24) is 15.1 Å². The van der Waals surface area contributed by atoms with Crippen molar-refractivity contribution in [2.45, 2.75) is 50.7 Å². The average Bonchev–Trinajstić information content (AvgIpc) is 3.36. The van der Waals surface area contributed by atoms with Crippen molar-refractivity contribution in [1.29, 1.82) is 0 Å². The lowest BCUT2D eigenvalue weighted by molar-refractivity contribution is -0.0366. The van der Waals surface area contributed by atoms with E-state index < -0.39 is 0 Å². The third kappa shape index (κ3) is 3.15. The summed E-state index contributed by atoms with van der Waals surface area (Å²) in [7, 11) is 0. The summed E-state index contributed by atoms with van der Waals surface area (Å²) in [5.41, 5.74) is 5.61. The lowest BCUT2D eigenvalue weighted by Crippen LogP contribution is -2.32. The third-order valence-electron chi connectivity index (χ3n) is 6.57. The van der Waals surface area contributed by atoms with Gasteiger partial charge < -0.3 is 10.1 Å². The van der Waals surface area contributed by atoms with Gasteiger partial charge in [-0.1, -0.05) is 30.3 Å². The van der Waals surface area contributed by atoms with Gasteiger partial charge in [-0.25, -0.2) is 4.68 Å². The Morgan fingerprint density at radius 1 is 1.21 bits per heavy atom. The molecule has 3 aromatic rings. The van der Waals surface area contributed by atoms with E-state index in [0.717, 1.165) is 39.0 Å². The first kappa shape index (κ1) is 17.9. The van der Waals surface area contributed by atoms with Gasteiger partial charge >= 0.3 is 0 Å². The number of benzene rings is 2. The summed E-state index contributed by atoms with van der Waals surface area (Å²) in [5.74, 6) is 0. The van der Waals surface area contributed by atoms with Crippen LogP contribution in [0.15, 0.2) is 48.7 Å². The fraction of sp³-hybridized carbons (Fsp3) is 0.458. The molecular weight excluding hydrogens is 346 g/mol. The standard InChI is InChI=1S/C24H29N3O/c1-18-13-22-20(16-26-27(22)23-9-5-6-12-28-23)14-21(18)24(10-11-25-17-24)15-19-7-3-2-4-8-19/h2-4,7-8,13-14,16,23,25H,5-6,9-12,15,17H2,1H3. The summed E-state index contributed by atoms with van der Waals surface area (Å²) in [6.45, 7) is 5.22. The Kier molecular flexibility index (Phi) is 4.69. The molecule has 0 spiro atoms. The van der Waals surface area contributed by atoms with Crippen LogP contribution in [0.4, 0.5) is 0 Å². The van der Waals surface area contributed by atoms with Crippen LogP contribution in [0.3, 0.4) is 0 Å². The Hall–Kier alpha value is -2.17. The first-order valence-electron chi connectivity index (χ1n) is 10.6. The van der Waals surface area contributed by atoms with E-state index in [1.807, 2.05) is 6.20 Å². The molecule has 0 radical (unpaired) electrons. The minimum atomic E-state index is 0.0860. The van der Waals surface area contributed by atoms with E-state index in [0.29, 0.717) is 0 Å². The fourth-order valence-electron chi connectivity index (χ4n) is 5.12. The highest BCUT2D eigenvalue weighted by Gasteiger charge is 2.37. The zero-order valence-corrected chi connectivity index (χ0v) is 16.7. The van der Waals surface area contributed by atoms with E-state index >= 15 is 0 Å². The zero-order valence-electron chi connectivity index (χ0n) is 16.7. The SMILES string of the molecule is Cc1cc2c(cnn2C2CCCCO2)cc1C1(Cc2ccccc2)CCNC1. The molecule has 0 saturated carbocycles. The van der Waals surface area contributed by atoms with Crippen molar-refractivity contribution in [3.05, 3.63) is 65.4 Å². The number of nitrogens with one attached hydrogen (secondary N) is 1. The van der Waals surface area contributed by atoms with Gasteiger partial charge in [0.1, 0.15) is 0 Å². The molecule has 146 valence electrons. The topological polar surface area (TPSA) is 39.1 Å². The molecule has 2 aliphatic heterocycles. The van der Waals surface area contributed by atoms with E-state index in [1.165, 1.54) is 40.4 Å². The van der Waals surface area contributed by atoms with Gasteiger partial charge in [0.25, 0.3) is 0 Å². The monoisotopic (exact) mass is 375 g/mol. The van der Waals surface area contributed by atoms with Crippen molar-refractivity contribution in [3.63, 3.8) is 0 Å². The van der Waals surface area contributed by atoms with E-state index in [1.54, 1.807) is 0 Å². The number of ether oxygens (including phenoxy) is 1. The molecule has 2 fully saturated rings. The third-order valence-corrected chi connectivity index (χ3v) is 6.57. The fourth-order valence-corrected chi connectivity index (χ4v) is 5.12. The van der Waals surface area contributed by atoms with E-state index in [-0.39, 0.29) is 11.6 Å². The molecule has 2 unspecified atom stereocenters. The second-order valence-electron chi connectivity index (χ2n) is 8.51. The van der Waals surface area contributed by atoms with E-state index in [4.69, 9.17) is 9.84 Å². The quantitative estimate of drug-likeness (QED) is 0.729. The molecule has 5 rings (SSSR count). The number of aryl methyl sites for hydroxylation is 1. The predicted octanol–water partition coefficient (Wildman–Crippen LogP) is 4.52. The Balaban J connectivity index is 1.55. The van der Waals surface area contributed by atoms with Crippen molar-refractivity contribution in [3.8, 4) is 0 Å². The van der Waals surface area contributed by atoms with Gasteiger partial charge in [-0.05, 0) is 74.4 Å². The number of nitrogens with zero attached hydrogens (tertiary/aromatic N) is 2. The molecule has 28 heavy (non-hydrogen) atoms. The van der Waals surface area contributed by atoms with Gasteiger partial charge in [-0.3, -0.25) is 0 Å². The van der Waals surface area contributed by atoms with Crippen molar-refractivity contribution in [2.24, 2.45) is 0 Å². The van der Waals surface area contributed by atoms with Crippen LogP contribution in [-0.2, 0) is 16.6 Å². The van der Waals surface area contributed by atoms with Crippen LogP contribution in [0.2, 0.25) is 0 Å². The highest BCUT2D eigenvalue weighted by Crippen LogP contribution is 2.38. The van der Waals surface area contributed by atoms with Crippen LogP contribution in [-0.4, -0.2) is 29.5 Å². The molecule has 4 nitrogen and oxygen atoms in total. The highest BCUT2D eigenvalue weighted by molar-refractivity contribution is 5.81. The summed E-state index contributed by atoms with van der Waals surface area (Å²) >= 11 is 0. The molecule has 2 aromatic carbocycles. The summed E-state index contributed by atoms with van der Waals surface area (Å²) < 4.78 is 8.09. The largest absolute Gasteiger partial charge is 0.356 e. The van der Waals surface area contributed by atoms with Crippen LogP contribution >= 0.6 is 0 Å². The van der Waals surface area contributed by atoms with Gasteiger partial charge in [0.05, 0.1) is 11.7 Å². The Morgan fingerprint density at radius 3 is 2.86 bits per heavy atom. The average molecular weight is 376 g/mol. The Labute approximate surface area is 166 Å². The maximum atomic E-state index is 5.99. The van der Waals surface area contributed by atoms with Gasteiger partial charge in [0.15, 0.2) is 6.23 Å². The number of fused-ring (bicyclic) bond motifs is 1. The van der Waals surface area contributed by atoms with Gasteiger partial charge in [-0.2, -0.15) is 5.10 Å². The first-order chi connectivity index (χ1) is 13.8. The minimum Gasteiger partial charge on any atom is -0.356 e. The molecular formula is C24H29N3O. The molecule has 2 atom stereocenters. The molecule has 0 aliphatic carbocycles. The summed E-state index contributed by atoms with van der Waals surface area (Å²) in [5, 5.41) is 9.56. The molecule has 3 heterocycles. The van der Waals surface area contributed by atoms with Crippen LogP contribution in [0.1, 0.15) is 48.6 Å². The van der Waals surface area contributed by atoms with Gasteiger partial charge in [0, 0.05) is 24.0 Å². The molecule has 1 N–H and O–H groups in total. The van der Waals surface area contributed by atoms with Crippen LogP contribution in [0, 0.1) is 6.92 Å². The summed E-state index contributed by atoms with van der Waals surface area (Å²) in [4.78, 5) is 0. The Bertz CT molecular complexity index is 951. The molecule has 4 heteroatoms. The van der Waals surface area contributed by atoms with Crippen LogP contribution in [0.5, 0.6) is 0 Å². The predicted molar refractivity (Wildman–Crippen MR) is 113 cm³/mol. The van der Waals surface area contributed by atoms with Crippen LogP contribution < -0.4 is 5.32 Å². The van der Waals surface area contributed by atoms with Crippen molar-refractivity contribution >= 4 is 10.9 Å². The summed E-state index contributed by atoms with van der Waals surface area (Å²) in [6, 6.07) is 15.6. The van der Waals surface area contributed by atoms with Gasteiger partial charge in [-0.15, -0.1) is 0 Å². The van der Waals surface area contributed by atoms with Crippen molar-refractivity contribution in [2.75, 3.05) is 19.7 Å². The maximum absolute atomic E-state index is 5.99. The number of rotatable bonds is 4. The molecule has 1 aromatic heterocycles. The minimum absolute atomic E-state index is 0.0860. The van der Waals surface area contributed by atoms with E-state index in [9.17, 15) is 0 Å². The second kappa shape index (κ2) is 7.34. The summed E-state index contributed by atoms with van der Waals surface area (Å²) in [6.07, 6.45) is 7.79. The maximum Gasteiger partial charge on any atom is 0.150 e. The van der Waals surface area contributed by atoms with Crippen LogP contribution in [0.25, 0.3) is 10.9 Å². The molecule has 0 amide bonds. The Morgan fingerprint density at radius 2 is 2.11 bits per heavy atom. The lowest BCUT2D eigenvalue weighted by atomic mass is 9.73. The lowest BCUT2D eigenvalue weighted by Gasteiger charge is -2.31. The molecule has 0 bridgehead atoms. The molecule has 2 saturated heterocycles. The van der Waals surface area contributed by atoms with Gasteiger partial charge in [0.2, 0.25) is 0 Å². The normalized spacial score (nSPS) is 25.4. The second-order valence-corrected chi connectivity index (χ2v) is 8.51. The first-order valence-corrected chi connectivity index (χ1v) is 10.6. The number of hydrogen-bond donors (Lipinski definition) is 1. The van der Waals surface area contributed by atoms with E-state index in [2.05, 4.69) is 59.4 Å². The number of aromatic nitrogens is 2.